The monoisotopic (exact) mass is 453 g/mol. The van der Waals surface area contributed by atoms with Crippen LogP contribution < -0.4 is 5.32 Å². The van der Waals surface area contributed by atoms with Gasteiger partial charge in [0.25, 0.3) is 15.9 Å². The Hall–Kier alpha value is -2.13. The molecule has 1 aromatic heterocycles. The maximum atomic E-state index is 12.6. The minimum Gasteiger partial charge on any atom is -0.465 e. The van der Waals surface area contributed by atoms with Crippen LogP contribution in [0.4, 0.5) is 5.69 Å². The lowest BCUT2D eigenvalue weighted by Crippen LogP contribution is -2.20. The number of halogens is 1. The van der Waals surface area contributed by atoms with Gasteiger partial charge in [0.1, 0.15) is 17.4 Å². The predicted molar refractivity (Wildman–Crippen MR) is 107 cm³/mol. The van der Waals surface area contributed by atoms with Crippen LogP contribution >= 0.6 is 15.9 Å². The van der Waals surface area contributed by atoms with Crippen molar-refractivity contribution in [3.8, 4) is 0 Å². The summed E-state index contributed by atoms with van der Waals surface area (Å²) in [6, 6.07) is 6.07. The molecule has 0 unspecified atom stereocenters. The number of carbonyl (C=O) groups excluding carboxylic acids is 1. The van der Waals surface area contributed by atoms with Crippen molar-refractivity contribution in [2.45, 2.75) is 31.6 Å². The van der Waals surface area contributed by atoms with Gasteiger partial charge in [-0.3, -0.25) is 4.79 Å². The van der Waals surface area contributed by atoms with E-state index in [4.69, 9.17) is 4.42 Å². The predicted octanol–water partition coefficient (Wildman–Crippen LogP) is 3.72. The van der Waals surface area contributed by atoms with Gasteiger partial charge in [0, 0.05) is 25.7 Å². The molecule has 0 bridgehead atoms. The van der Waals surface area contributed by atoms with Crippen molar-refractivity contribution in [3.63, 3.8) is 0 Å². The van der Waals surface area contributed by atoms with E-state index >= 15 is 0 Å². The second-order valence-corrected chi connectivity index (χ2v) is 8.79. The van der Waals surface area contributed by atoms with Crippen LogP contribution in [0.5, 0.6) is 0 Å². The van der Waals surface area contributed by atoms with Gasteiger partial charge in [0.15, 0.2) is 0 Å². The Kier molecular flexibility index (Phi) is 5.43. The molecule has 2 heterocycles. The second kappa shape index (κ2) is 7.47. The van der Waals surface area contributed by atoms with Gasteiger partial charge in [-0.1, -0.05) is 6.07 Å². The first-order chi connectivity index (χ1) is 12.7. The Labute approximate surface area is 166 Å². The van der Waals surface area contributed by atoms with Gasteiger partial charge in [-0.25, -0.2) is 0 Å². The maximum absolute atomic E-state index is 12.6. The van der Waals surface area contributed by atoms with Gasteiger partial charge in [0.05, 0.1) is 14.9 Å². The Bertz CT molecular complexity index is 1030. The normalized spacial score (nSPS) is 16.1. The van der Waals surface area contributed by atoms with Gasteiger partial charge in [-0.2, -0.15) is 8.42 Å². The number of anilines is 1. The summed E-state index contributed by atoms with van der Waals surface area (Å²) < 4.78 is 35.2. The summed E-state index contributed by atoms with van der Waals surface area (Å²) in [7, 11) is -2.02. The Morgan fingerprint density at radius 1 is 1.30 bits per heavy atom. The highest BCUT2D eigenvalue weighted by Gasteiger charge is 2.22. The lowest BCUT2D eigenvalue weighted by Gasteiger charge is -2.11. The number of nitrogens with one attached hydrogen (secondary N) is 1. The molecule has 1 N–H and O–H groups in total. The number of benzene rings is 1. The summed E-state index contributed by atoms with van der Waals surface area (Å²) >= 11 is 3.34. The molecule has 1 aliphatic rings. The van der Waals surface area contributed by atoms with Crippen LogP contribution in [0, 0.1) is 13.8 Å². The number of amidine groups is 1. The van der Waals surface area contributed by atoms with E-state index in [0.717, 1.165) is 13.0 Å². The molecule has 0 atom stereocenters. The molecule has 0 saturated carbocycles. The van der Waals surface area contributed by atoms with Crippen LogP contribution in [-0.2, 0) is 10.0 Å². The quantitative estimate of drug-likeness (QED) is 0.760. The molecule has 0 spiro atoms. The van der Waals surface area contributed by atoms with Gasteiger partial charge in [-0.05, 0) is 54.4 Å². The van der Waals surface area contributed by atoms with Crippen molar-refractivity contribution < 1.29 is 17.6 Å². The number of nitrogens with zero attached hydrogens (tertiary/aromatic N) is 2. The number of furan rings is 1. The van der Waals surface area contributed by atoms with Crippen LogP contribution in [0.25, 0.3) is 0 Å². The molecule has 1 aromatic carbocycles. The summed E-state index contributed by atoms with van der Waals surface area (Å²) in [5.74, 6) is 1.26. The SMILES string of the molecule is Cc1oc(C)c(C(=O)Nc2cccc(S(=O)(=O)/N=C3\CCCN3C)c2)c1Br. The number of sulfonamides is 1. The molecule has 1 fully saturated rings. The summed E-state index contributed by atoms with van der Waals surface area (Å²) in [6.45, 7) is 4.24. The highest BCUT2D eigenvalue weighted by Crippen LogP contribution is 2.28. The smallest absolute Gasteiger partial charge is 0.284 e. The molecule has 1 amide bonds. The van der Waals surface area contributed by atoms with E-state index in [9.17, 15) is 13.2 Å². The molecule has 144 valence electrons. The van der Waals surface area contributed by atoms with E-state index in [-0.39, 0.29) is 10.8 Å². The summed E-state index contributed by atoms with van der Waals surface area (Å²) in [6.07, 6.45) is 1.53. The fourth-order valence-electron chi connectivity index (χ4n) is 2.94. The summed E-state index contributed by atoms with van der Waals surface area (Å²) in [5.41, 5.74) is 0.750. The molecule has 9 heteroatoms. The topological polar surface area (TPSA) is 92.0 Å². The molecule has 0 aliphatic carbocycles. The molecule has 7 nitrogen and oxygen atoms in total. The van der Waals surface area contributed by atoms with Crippen molar-refractivity contribution in [1.29, 1.82) is 0 Å². The molecule has 1 aliphatic heterocycles. The highest BCUT2D eigenvalue weighted by molar-refractivity contribution is 9.10. The first-order valence-electron chi connectivity index (χ1n) is 8.41. The Morgan fingerprint density at radius 3 is 2.63 bits per heavy atom. The number of aryl methyl sites for hydroxylation is 2. The minimum atomic E-state index is -3.84. The van der Waals surface area contributed by atoms with Crippen LogP contribution in [0.2, 0.25) is 0 Å². The van der Waals surface area contributed by atoms with E-state index in [1.54, 1.807) is 26.0 Å². The van der Waals surface area contributed by atoms with Crippen LogP contribution in [0.1, 0.15) is 34.7 Å². The number of carbonyl (C=O) groups is 1. The zero-order valence-corrected chi connectivity index (χ0v) is 17.6. The van der Waals surface area contributed by atoms with E-state index in [1.165, 1.54) is 12.1 Å². The van der Waals surface area contributed by atoms with E-state index < -0.39 is 10.0 Å². The van der Waals surface area contributed by atoms with Crippen LogP contribution in [0.3, 0.4) is 0 Å². The second-order valence-electron chi connectivity index (χ2n) is 6.39. The summed E-state index contributed by atoms with van der Waals surface area (Å²) in [5, 5.41) is 2.72. The third-order valence-corrected chi connectivity index (χ3v) is 6.62. The number of hydrogen-bond donors (Lipinski definition) is 1. The van der Waals surface area contributed by atoms with Gasteiger partial charge in [-0.15, -0.1) is 4.40 Å². The van der Waals surface area contributed by atoms with Crippen molar-refractivity contribution in [2.75, 3.05) is 18.9 Å². The van der Waals surface area contributed by atoms with Gasteiger partial charge < -0.3 is 14.6 Å². The molecular formula is C18H20BrN3O4S. The fraction of sp³-hybridized carbons (Fsp3) is 0.333. The molecule has 27 heavy (non-hydrogen) atoms. The first-order valence-corrected chi connectivity index (χ1v) is 10.6. The van der Waals surface area contributed by atoms with Crippen molar-refractivity contribution >= 4 is 43.4 Å². The van der Waals surface area contributed by atoms with Crippen molar-refractivity contribution in [1.82, 2.24) is 4.90 Å². The van der Waals surface area contributed by atoms with E-state index in [1.807, 2.05) is 11.9 Å². The number of hydrogen-bond acceptors (Lipinski definition) is 4. The number of amides is 1. The molecule has 3 rings (SSSR count). The maximum Gasteiger partial charge on any atom is 0.284 e. The van der Waals surface area contributed by atoms with Crippen molar-refractivity contribution in [2.24, 2.45) is 4.40 Å². The zero-order chi connectivity index (χ0) is 19.8. The molecular weight excluding hydrogens is 434 g/mol. The third-order valence-electron chi connectivity index (χ3n) is 4.36. The van der Waals surface area contributed by atoms with Gasteiger partial charge >= 0.3 is 0 Å². The largest absolute Gasteiger partial charge is 0.465 e. The standard InChI is InChI=1S/C18H20BrN3O4S/c1-11-16(17(19)12(2)26-11)18(23)20-13-6-4-7-14(10-13)27(24,25)21-15-8-5-9-22(15)3/h4,6-7,10H,5,8-9H2,1-3H3,(H,20,23)/b21-15+. The van der Waals surface area contributed by atoms with Gasteiger partial charge in [0.2, 0.25) is 0 Å². The Morgan fingerprint density at radius 2 is 2.04 bits per heavy atom. The van der Waals surface area contributed by atoms with E-state index in [0.29, 0.717) is 39.5 Å². The van der Waals surface area contributed by atoms with E-state index in [2.05, 4.69) is 25.6 Å². The lowest BCUT2D eigenvalue weighted by molar-refractivity contribution is 0.102. The zero-order valence-electron chi connectivity index (χ0n) is 15.2. The van der Waals surface area contributed by atoms with Crippen LogP contribution in [0.15, 0.2) is 42.4 Å². The lowest BCUT2D eigenvalue weighted by atomic mass is 10.2. The average Bonchev–Trinajstić information content (AvgIpc) is 3.10. The summed E-state index contributed by atoms with van der Waals surface area (Å²) in [4.78, 5) is 14.4. The Balaban J connectivity index is 1.86. The third kappa shape index (κ3) is 4.08. The molecule has 2 aromatic rings. The average molecular weight is 454 g/mol. The fourth-order valence-corrected chi connectivity index (χ4v) is 4.62. The van der Waals surface area contributed by atoms with Crippen molar-refractivity contribution in [3.05, 3.63) is 45.8 Å². The highest BCUT2D eigenvalue weighted by atomic mass is 79.9. The number of rotatable bonds is 4. The molecule has 0 radical (unpaired) electrons. The molecule has 1 saturated heterocycles. The number of likely N-dealkylation sites (tertiary alicyclic amines) is 1. The minimum absolute atomic E-state index is 0.0345. The first kappa shape index (κ1) is 19.6. The van der Waals surface area contributed by atoms with Crippen LogP contribution in [-0.4, -0.2) is 38.7 Å².